The van der Waals surface area contributed by atoms with Crippen LogP contribution in [0.1, 0.15) is 28.3 Å². The van der Waals surface area contributed by atoms with Gasteiger partial charge in [-0.1, -0.05) is 48.0 Å². The lowest BCUT2D eigenvalue weighted by Crippen LogP contribution is -2.44. The fraction of sp³-hybridized carbons (Fsp3) is 0.200. The van der Waals surface area contributed by atoms with Crippen LogP contribution in [-0.2, 0) is 15.7 Å². The molecule has 3 aromatic rings. The van der Waals surface area contributed by atoms with Crippen LogP contribution in [0.2, 0.25) is 5.02 Å². The number of hydrogen-bond donors (Lipinski definition) is 0. The van der Waals surface area contributed by atoms with Crippen LogP contribution in [0.15, 0.2) is 72.3 Å². The molecule has 0 amide bonds. The molecule has 0 N–H and O–H groups in total. The van der Waals surface area contributed by atoms with Gasteiger partial charge in [-0.2, -0.15) is 0 Å². The number of benzene rings is 3. The topological polar surface area (TPSA) is 37.4 Å². The van der Waals surface area contributed by atoms with E-state index in [-0.39, 0.29) is 16.5 Å². The van der Waals surface area contributed by atoms with E-state index >= 15 is 0 Å². The number of nitrogens with zero attached hydrogens (tertiary/aromatic N) is 1. The quantitative estimate of drug-likeness (QED) is 0.371. The van der Waals surface area contributed by atoms with Gasteiger partial charge in [0.1, 0.15) is 11.6 Å². The maximum atomic E-state index is 13.8. The molecule has 8 heteroatoms. The molecule has 4 rings (SSSR count). The Balaban J connectivity index is 1.73. The van der Waals surface area contributed by atoms with Gasteiger partial charge in [0.05, 0.1) is 10.9 Å². The minimum atomic E-state index is -3.72. The summed E-state index contributed by atoms with van der Waals surface area (Å²) in [6.07, 6.45) is 1.06. The number of sulfone groups is 1. The van der Waals surface area contributed by atoms with Crippen molar-refractivity contribution in [3.05, 3.63) is 111 Å². The van der Waals surface area contributed by atoms with Gasteiger partial charge in [0.15, 0.2) is 9.84 Å². The number of hydrogen-bond acceptors (Lipinski definition) is 3. The largest absolute Gasteiger partial charge is 0.284 e. The first-order valence-electron chi connectivity index (χ1n) is 10.2. The predicted octanol–water partition coefficient (Wildman–Crippen LogP) is 6.22. The zero-order chi connectivity index (χ0) is 23.8. The number of alkyl halides is 1. The van der Waals surface area contributed by atoms with Crippen LogP contribution in [0.25, 0.3) is 4.91 Å². The summed E-state index contributed by atoms with van der Waals surface area (Å²) < 4.78 is 52.8. The van der Waals surface area contributed by atoms with E-state index in [1.165, 1.54) is 0 Å². The fourth-order valence-corrected chi connectivity index (χ4v) is 5.69. The lowest BCUT2D eigenvalue weighted by atomic mass is 9.91. The molecule has 0 aromatic heterocycles. The molecule has 1 aliphatic rings. The highest BCUT2D eigenvalue weighted by Crippen LogP contribution is 2.38. The fourth-order valence-electron chi connectivity index (χ4n) is 4.18. The molecule has 0 bridgehead atoms. The average molecular weight is 508 g/mol. The van der Waals surface area contributed by atoms with Gasteiger partial charge < -0.3 is 0 Å². The van der Waals surface area contributed by atoms with Gasteiger partial charge in [-0.05, 0) is 52.1 Å². The monoisotopic (exact) mass is 507 g/mol. The lowest BCUT2D eigenvalue weighted by Gasteiger charge is -2.42. The summed E-state index contributed by atoms with van der Waals surface area (Å²) in [4.78, 5) is 2.08. The van der Waals surface area contributed by atoms with Gasteiger partial charge in [-0.3, -0.25) is 4.90 Å². The first-order valence-corrected chi connectivity index (χ1v) is 13.0. The van der Waals surface area contributed by atoms with Gasteiger partial charge in [0.25, 0.3) is 0 Å². The third kappa shape index (κ3) is 5.30. The molecule has 33 heavy (non-hydrogen) atoms. The summed E-state index contributed by atoms with van der Waals surface area (Å²) >= 11 is 12.0. The van der Waals surface area contributed by atoms with E-state index in [4.69, 9.17) is 23.2 Å². The van der Waals surface area contributed by atoms with E-state index in [0.717, 1.165) is 41.1 Å². The van der Waals surface area contributed by atoms with Crippen LogP contribution < -0.4 is 0 Å². The molecule has 1 atom stereocenters. The highest BCUT2D eigenvalue weighted by molar-refractivity contribution is 8.00. The lowest BCUT2D eigenvalue weighted by molar-refractivity contribution is 0.203. The van der Waals surface area contributed by atoms with E-state index in [1.54, 1.807) is 0 Å². The van der Waals surface area contributed by atoms with Crippen molar-refractivity contribution >= 4 is 37.9 Å². The van der Waals surface area contributed by atoms with Crippen LogP contribution in [0.5, 0.6) is 0 Å². The van der Waals surface area contributed by atoms with E-state index < -0.39 is 21.5 Å². The molecule has 1 heterocycles. The maximum absolute atomic E-state index is 13.8. The SMILES string of the molecule is CS(=O)(=O)C(=C1CN(C(c2ccc(Cl)cc2)c2ccc(CCl)cc2)C1)c1cc(F)cc(F)c1. The summed E-state index contributed by atoms with van der Waals surface area (Å²) in [5, 5.41) is 0.617. The first-order chi connectivity index (χ1) is 15.7. The first kappa shape index (κ1) is 23.9. The Morgan fingerprint density at radius 1 is 0.939 bits per heavy atom. The summed E-state index contributed by atoms with van der Waals surface area (Å²) in [7, 11) is -3.72. The Morgan fingerprint density at radius 3 is 1.94 bits per heavy atom. The van der Waals surface area contributed by atoms with Crippen LogP contribution in [0.3, 0.4) is 0 Å². The van der Waals surface area contributed by atoms with Gasteiger partial charge >= 0.3 is 0 Å². The van der Waals surface area contributed by atoms with Gasteiger partial charge in [-0.25, -0.2) is 17.2 Å². The Kier molecular flexibility index (Phi) is 6.91. The predicted molar refractivity (Wildman–Crippen MR) is 129 cm³/mol. The van der Waals surface area contributed by atoms with Gasteiger partial charge in [0, 0.05) is 36.3 Å². The zero-order valence-corrected chi connectivity index (χ0v) is 20.1. The third-order valence-electron chi connectivity index (χ3n) is 5.61. The van der Waals surface area contributed by atoms with Gasteiger partial charge in [-0.15, -0.1) is 11.6 Å². The number of rotatable bonds is 6. The van der Waals surface area contributed by atoms with Crippen LogP contribution in [0.4, 0.5) is 8.78 Å². The highest BCUT2D eigenvalue weighted by Gasteiger charge is 2.34. The van der Waals surface area contributed by atoms with Crippen LogP contribution in [0, 0.1) is 11.6 Å². The minimum absolute atomic E-state index is 0.0236. The van der Waals surface area contributed by atoms with E-state index in [0.29, 0.717) is 29.6 Å². The Labute approximate surface area is 202 Å². The molecule has 0 aliphatic carbocycles. The molecule has 1 saturated heterocycles. The van der Waals surface area contributed by atoms with E-state index in [1.807, 2.05) is 48.5 Å². The van der Waals surface area contributed by atoms with E-state index in [2.05, 4.69) is 4.90 Å². The molecular formula is C25H21Cl2F2NO2S. The molecule has 1 fully saturated rings. The van der Waals surface area contributed by atoms with Crippen molar-refractivity contribution in [1.82, 2.24) is 4.90 Å². The average Bonchev–Trinajstić information content (AvgIpc) is 2.72. The Hall–Kier alpha value is -2.25. The smallest absolute Gasteiger partial charge is 0.176 e. The summed E-state index contributed by atoms with van der Waals surface area (Å²) in [6.45, 7) is 0.677. The Bertz CT molecular complexity index is 1280. The van der Waals surface area contributed by atoms with Crippen LogP contribution >= 0.6 is 23.2 Å². The standard InChI is InChI=1S/C25H21Cl2F2NO2S/c1-33(31,32)25(19-10-22(28)12-23(29)11-19)20-14-30(15-20)24(18-6-8-21(27)9-7-18)17-4-2-16(13-26)3-5-17/h2-12,24H,13-15H2,1H3. The molecule has 3 aromatic carbocycles. The van der Waals surface area contributed by atoms with Crippen molar-refractivity contribution < 1.29 is 17.2 Å². The normalized spacial score (nSPS) is 15.2. The molecule has 1 aliphatic heterocycles. The zero-order valence-electron chi connectivity index (χ0n) is 17.7. The second kappa shape index (κ2) is 9.55. The van der Waals surface area contributed by atoms with Crippen molar-refractivity contribution in [2.24, 2.45) is 0 Å². The Morgan fingerprint density at radius 2 is 1.45 bits per heavy atom. The molecule has 0 spiro atoms. The van der Waals surface area contributed by atoms with Crippen LogP contribution in [-0.4, -0.2) is 32.7 Å². The molecule has 1 unspecified atom stereocenters. The molecule has 3 nitrogen and oxygen atoms in total. The van der Waals surface area contributed by atoms with Crippen molar-refractivity contribution in [3.8, 4) is 0 Å². The third-order valence-corrected chi connectivity index (χ3v) is 7.43. The maximum Gasteiger partial charge on any atom is 0.176 e. The summed E-state index contributed by atoms with van der Waals surface area (Å²) in [5.74, 6) is -1.23. The van der Waals surface area contributed by atoms with Crippen molar-refractivity contribution in [3.63, 3.8) is 0 Å². The molecule has 0 saturated carbocycles. The summed E-state index contributed by atoms with van der Waals surface area (Å²) in [5.41, 5.74) is 3.64. The van der Waals surface area contributed by atoms with Crippen molar-refractivity contribution in [2.75, 3.05) is 19.3 Å². The van der Waals surface area contributed by atoms with Crippen molar-refractivity contribution in [2.45, 2.75) is 11.9 Å². The highest BCUT2D eigenvalue weighted by atomic mass is 35.5. The minimum Gasteiger partial charge on any atom is -0.284 e. The summed E-state index contributed by atoms with van der Waals surface area (Å²) in [6, 6.07) is 18.1. The van der Waals surface area contributed by atoms with Gasteiger partial charge in [0.2, 0.25) is 0 Å². The molecule has 0 radical (unpaired) electrons. The number of halogens is 4. The van der Waals surface area contributed by atoms with Crippen molar-refractivity contribution in [1.29, 1.82) is 0 Å². The number of likely N-dealkylation sites (tertiary alicyclic amines) is 1. The molecule has 172 valence electrons. The second-order valence-corrected chi connectivity index (χ2v) is 10.8. The van der Waals surface area contributed by atoms with E-state index in [9.17, 15) is 17.2 Å². The molecular weight excluding hydrogens is 487 g/mol. The second-order valence-electron chi connectivity index (χ2n) is 8.10.